The fourth-order valence-corrected chi connectivity index (χ4v) is 4.05. The molecule has 1 aromatic heterocycles. The van der Waals surface area contributed by atoms with E-state index in [1.165, 1.54) is 20.9 Å². The molecule has 0 atom stereocenters. The van der Waals surface area contributed by atoms with Crippen LogP contribution in [-0.2, 0) is 22.6 Å². The number of carbonyl (C=O) groups excluding carboxylic acids is 2. The number of aromatic nitrogens is 2. The Bertz CT molecular complexity index is 982. The first-order chi connectivity index (χ1) is 14.7. The predicted octanol–water partition coefficient (Wildman–Crippen LogP) is -0.377. The minimum atomic E-state index is -0.418. The summed E-state index contributed by atoms with van der Waals surface area (Å²) in [5, 5.41) is 0. The molecule has 0 spiro atoms. The summed E-state index contributed by atoms with van der Waals surface area (Å²) in [7, 11) is 1.64. The average Bonchev–Trinajstić information content (AvgIpc) is 2.71. The first-order valence-electron chi connectivity index (χ1n) is 10.7. The van der Waals surface area contributed by atoms with Crippen molar-refractivity contribution in [3.63, 3.8) is 0 Å². The normalized spacial score (nSPS) is 14.5. The van der Waals surface area contributed by atoms with Crippen LogP contribution in [0.5, 0.6) is 0 Å². The van der Waals surface area contributed by atoms with Gasteiger partial charge in [-0.05, 0) is 20.8 Å². The zero-order valence-corrected chi connectivity index (χ0v) is 18.8. The molecule has 0 aliphatic carbocycles. The topological polar surface area (TPSA) is 90.8 Å². The molecule has 8 heteroatoms. The summed E-state index contributed by atoms with van der Waals surface area (Å²) in [6.45, 7) is 9.79. The molecule has 31 heavy (non-hydrogen) atoms. The number of H-pyrrole nitrogens is 1. The van der Waals surface area contributed by atoms with E-state index >= 15 is 0 Å². The van der Waals surface area contributed by atoms with Gasteiger partial charge in [0, 0.05) is 29.6 Å². The van der Waals surface area contributed by atoms with Crippen LogP contribution in [0, 0.1) is 20.8 Å². The largest absolute Gasteiger partial charge is 0.345 e. The summed E-state index contributed by atoms with van der Waals surface area (Å²) in [5.41, 5.74) is 4.06. The van der Waals surface area contributed by atoms with E-state index in [1.54, 1.807) is 20.9 Å². The van der Waals surface area contributed by atoms with Gasteiger partial charge in [0.1, 0.15) is 6.54 Å². The number of nitrogens with zero attached hydrogens (tertiary/aromatic N) is 3. The van der Waals surface area contributed by atoms with Crippen LogP contribution in [-0.4, -0.2) is 71.4 Å². The van der Waals surface area contributed by atoms with Gasteiger partial charge in [-0.2, -0.15) is 4.98 Å². The van der Waals surface area contributed by atoms with Gasteiger partial charge >= 0.3 is 5.69 Å². The Kier molecular flexibility index (Phi) is 7.22. The van der Waals surface area contributed by atoms with Crippen molar-refractivity contribution < 1.29 is 14.5 Å². The number of quaternary nitrogens is 1. The third-order valence-corrected chi connectivity index (χ3v) is 5.94. The zero-order valence-electron chi connectivity index (χ0n) is 18.8. The molecule has 3 rings (SSSR count). The molecule has 2 aromatic rings. The van der Waals surface area contributed by atoms with E-state index in [4.69, 9.17) is 0 Å². The number of hydrogen-bond donors (Lipinski definition) is 2. The van der Waals surface area contributed by atoms with Crippen LogP contribution in [0.4, 0.5) is 0 Å². The zero-order chi connectivity index (χ0) is 22.5. The van der Waals surface area contributed by atoms with Crippen molar-refractivity contribution in [3.8, 4) is 0 Å². The number of aromatic amines is 1. The number of carbonyl (C=O) groups is 2. The second-order valence-electron chi connectivity index (χ2n) is 8.45. The van der Waals surface area contributed by atoms with Crippen LogP contribution in [0.3, 0.4) is 0 Å². The highest BCUT2D eigenvalue weighted by molar-refractivity contribution is 5.86. The number of nitrogens with one attached hydrogen (secondary N) is 2. The molecule has 2 amide bonds. The third kappa shape index (κ3) is 6.01. The van der Waals surface area contributed by atoms with Crippen LogP contribution in [0.25, 0.3) is 0 Å². The number of aryl methyl sites for hydroxylation is 3. The minimum absolute atomic E-state index is 0.0292. The van der Waals surface area contributed by atoms with Crippen LogP contribution in [0.15, 0.2) is 29.1 Å². The molecule has 1 aliphatic rings. The molecular formula is C23H32N5O3+. The van der Waals surface area contributed by atoms with Crippen molar-refractivity contribution in [3.05, 3.63) is 62.8 Å². The van der Waals surface area contributed by atoms with Gasteiger partial charge in [-0.3, -0.25) is 9.59 Å². The number of amides is 2. The van der Waals surface area contributed by atoms with Crippen molar-refractivity contribution in [1.82, 2.24) is 19.8 Å². The standard InChI is InChI=1S/C23H31N5O3/c1-16-6-5-7-19(12-16)14-27-8-10-28(11-9-27)22(30)15-26(4)21(29)13-20-17(2)24-23(31)25-18(20)3/h5-7,12H,8-11,13-15H2,1-4H3,(H,24,25,31)/p+1. The lowest BCUT2D eigenvalue weighted by Crippen LogP contribution is -3.13. The monoisotopic (exact) mass is 426 g/mol. The van der Waals surface area contributed by atoms with Gasteiger partial charge in [0.2, 0.25) is 11.8 Å². The van der Waals surface area contributed by atoms with Crippen LogP contribution in [0.1, 0.15) is 28.1 Å². The van der Waals surface area contributed by atoms with Crippen LogP contribution >= 0.6 is 0 Å². The molecule has 166 valence electrons. The second kappa shape index (κ2) is 9.87. The van der Waals surface area contributed by atoms with Crippen molar-refractivity contribution in [2.24, 2.45) is 0 Å². The summed E-state index contributed by atoms with van der Waals surface area (Å²) in [6.07, 6.45) is 0.111. The van der Waals surface area contributed by atoms with E-state index in [-0.39, 0.29) is 24.8 Å². The van der Waals surface area contributed by atoms with Crippen molar-refractivity contribution in [2.75, 3.05) is 39.8 Å². The van der Waals surface area contributed by atoms with E-state index in [9.17, 15) is 14.4 Å². The fourth-order valence-electron chi connectivity index (χ4n) is 4.05. The molecule has 2 N–H and O–H groups in total. The van der Waals surface area contributed by atoms with E-state index in [1.807, 2.05) is 4.90 Å². The molecular weight excluding hydrogens is 394 g/mol. The van der Waals surface area contributed by atoms with Crippen molar-refractivity contribution in [2.45, 2.75) is 33.7 Å². The molecule has 1 saturated heterocycles. The van der Waals surface area contributed by atoms with Crippen molar-refractivity contribution in [1.29, 1.82) is 0 Å². The third-order valence-electron chi connectivity index (χ3n) is 5.94. The Morgan fingerprint density at radius 2 is 1.90 bits per heavy atom. The highest BCUT2D eigenvalue weighted by atomic mass is 16.2. The van der Waals surface area contributed by atoms with Crippen LogP contribution < -0.4 is 10.6 Å². The lowest BCUT2D eigenvalue weighted by molar-refractivity contribution is -0.917. The Labute approximate surface area is 182 Å². The van der Waals surface area contributed by atoms with Gasteiger partial charge in [0.15, 0.2) is 0 Å². The van der Waals surface area contributed by atoms with E-state index < -0.39 is 5.69 Å². The lowest BCUT2D eigenvalue weighted by atomic mass is 10.1. The summed E-state index contributed by atoms with van der Waals surface area (Å²) in [6, 6.07) is 8.55. The Morgan fingerprint density at radius 3 is 2.55 bits per heavy atom. The minimum Gasteiger partial charge on any atom is -0.336 e. The maximum atomic E-state index is 12.7. The number of benzene rings is 1. The molecule has 8 nitrogen and oxygen atoms in total. The van der Waals surface area contributed by atoms with E-state index in [0.29, 0.717) is 30.0 Å². The summed E-state index contributed by atoms with van der Waals surface area (Å²) in [4.78, 5) is 48.0. The highest BCUT2D eigenvalue weighted by Gasteiger charge is 2.25. The van der Waals surface area contributed by atoms with Gasteiger partial charge < -0.3 is 19.7 Å². The number of rotatable bonds is 6. The maximum absolute atomic E-state index is 12.7. The fraction of sp³-hybridized carbons (Fsp3) is 0.478. The molecule has 1 aromatic carbocycles. The molecule has 0 radical (unpaired) electrons. The molecule has 1 aliphatic heterocycles. The van der Waals surface area contributed by atoms with Gasteiger partial charge in [-0.15, -0.1) is 0 Å². The number of likely N-dealkylation sites (N-methyl/N-ethyl adjacent to an activating group) is 1. The maximum Gasteiger partial charge on any atom is 0.345 e. The van der Waals surface area contributed by atoms with Crippen molar-refractivity contribution >= 4 is 11.8 Å². The van der Waals surface area contributed by atoms with Crippen LogP contribution in [0.2, 0.25) is 0 Å². The second-order valence-corrected chi connectivity index (χ2v) is 8.45. The van der Waals surface area contributed by atoms with Gasteiger partial charge in [-0.1, -0.05) is 29.8 Å². The van der Waals surface area contributed by atoms with Gasteiger partial charge in [-0.25, -0.2) is 4.79 Å². The molecule has 0 bridgehead atoms. The Hall–Kier alpha value is -3.00. The Balaban J connectivity index is 1.49. The summed E-state index contributed by atoms with van der Waals surface area (Å²) < 4.78 is 0. The Morgan fingerprint density at radius 1 is 1.19 bits per heavy atom. The molecule has 1 fully saturated rings. The van der Waals surface area contributed by atoms with E-state index in [0.717, 1.165) is 19.6 Å². The number of piperazine rings is 1. The molecule has 2 heterocycles. The summed E-state index contributed by atoms with van der Waals surface area (Å²) >= 11 is 0. The average molecular weight is 427 g/mol. The first-order valence-corrected chi connectivity index (χ1v) is 10.7. The predicted molar refractivity (Wildman–Crippen MR) is 118 cm³/mol. The highest BCUT2D eigenvalue weighted by Crippen LogP contribution is 2.09. The van der Waals surface area contributed by atoms with E-state index in [2.05, 4.69) is 41.2 Å². The quantitative estimate of drug-likeness (QED) is 0.659. The van der Waals surface area contributed by atoms with Gasteiger partial charge in [0.25, 0.3) is 0 Å². The molecule has 0 unspecified atom stereocenters. The number of hydrogen-bond acceptors (Lipinski definition) is 4. The first kappa shape index (κ1) is 22.7. The smallest absolute Gasteiger partial charge is 0.336 e. The summed E-state index contributed by atoms with van der Waals surface area (Å²) in [5.74, 6) is -0.199. The molecule has 0 saturated carbocycles. The lowest BCUT2D eigenvalue weighted by Gasteiger charge is -2.33. The SMILES string of the molecule is Cc1cccc(C[NH+]2CCN(C(=O)CN(C)C(=O)Cc3c(C)nc(=O)[nH]c3C)CC2)c1. The van der Waals surface area contributed by atoms with Gasteiger partial charge in [0.05, 0.1) is 39.1 Å².